The highest BCUT2D eigenvalue weighted by atomic mass is 16.5. The lowest BCUT2D eigenvalue weighted by atomic mass is 10.0. The standard InChI is InChI=1S/C18H20O6/c1-2-23-18(22)17(21)16(20)13-8-9-14(19)15(10-13)24-11-12-6-4-3-5-7-12/h3-10,16-17,19-21H,2,11H2,1H3. The second kappa shape index (κ2) is 8.33. The number of aromatic hydroxyl groups is 1. The average molecular weight is 332 g/mol. The van der Waals surface area contributed by atoms with E-state index in [0.29, 0.717) is 0 Å². The first-order valence-corrected chi connectivity index (χ1v) is 7.55. The van der Waals surface area contributed by atoms with Crippen LogP contribution in [0.3, 0.4) is 0 Å². The van der Waals surface area contributed by atoms with Crippen LogP contribution in [0.25, 0.3) is 0 Å². The van der Waals surface area contributed by atoms with Gasteiger partial charge in [0.25, 0.3) is 0 Å². The molecule has 0 spiro atoms. The van der Waals surface area contributed by atoms with E-state index < -0.39 is 18.2 Å². The molecule has 3 N–H and O–H groups in total. The van der Waals surface area contributed by atoms with Crippen molar-refractivity contribution >= 4 is 5.97 Å². The predicted molar refractivity (Wildman–Crippen MR) is 86.5 cm³/mol. The van der Waals surface area contributed by atoms with Crippen LogP contribution in [0.2, 0.25) is 0 Å². The highest BCUT2D eigenvalue weighted by molar-refractivity contribution is 5.75. The minimum Gasteiger partial charge on any atom is -0.504 e. The average Bonchev–Trinajstić information content (AvgIpc) is 2.61. The van der Waals surface area contributed by atoms with Gasteiger partial charge in [-0.15, -0.1) is 0 Å². The Morgan fingerprint density at radius 2 is 1.83 bits per heavy atom. The fourth-order valence-electron chi connectivity index (χ4n) is 2.10. The number of phenols is 1. The summed E-state index contributed by atoms with van der Waals surface area (Å²) in [5.74, 6) is -0.871. The number of hydrogen-bond acceptors (Lipinski definition) is 6. The SMILES string of the molecule is CCOC(=O)C(O)C(O)c1ccc(O)c(OCc2ccccc2)c1. The maximum atomic E-state index is 11.5. The Balaban J connectivity index is 2.11. The highest BCUT2D eigenvalue weighted by Crippen LogP contribution is 2.31. The van der Waals surface area contributed by atoms with Crippen molar-refractivity contribution in [3.05, 3.63) is 59.7 Å². The van der Waals surface area contributed by atoms with Gasteiger partial charge in [0.15, 0.2) is 17.6 Å². The molecule has 0 aliphatic rings. The Labute approximate surface area is 139 Å². The molecule has 0 aliphatic heterocycles. The summed E-state index contributed by atoms with van der Waals surface area (Å²) in [4.78, 5) is 11.5. The van der Waals surface area contributed by atoms with Crippen molar-refractivity contribution in [2.24, 2.45) is 0 Å². The van der Waals surface area contributed by atoms with Gasteiger partial charge in [0.1, 0.15) is 12.7 Å². The highest BCUT2D eigenvalue weighted by Gasteiger charge is 2.27. The number of esters is 1. The number of rotatable bonds is 7. The lowest BCUT2D eigenvalue weighted by Crippen LogP contribution is -2.29. The number of carbonyl (C=O) groups is 1. The van der Waals surface area contributed by atoms with E-state index in [1.54, 1.807) is 6.92 Å². The van der Waals surface area contributed by atoms with Crippen molar-refractivity contribution < 1.29 is 29.6 Å². The lowest BCUT2D eigenvalue weighted by molar-refractivity contribution is -0.159. The van der Waals surface area contributed by atoms with Crippen molar-refractivity contribution in [2.45, 2.75) is 25.7 Å². The molecule has 0 saturated heterocycles. The van der Waals surface area contributed by atoms with E-state index in [1.807, 2.05) is 30.3 Å². The second-order valence-corrected chi connectivity index (χ2v) is 5.14. The first-order chi connectivity index (χ1) is 11.5. The first-order valence-electron chi connectivity index (χ1n) is 7.55. The van der Waals surface area contributed by atoms with Gasteiger partial charge in [0.05, 0.1) is 6.61 Å². The Kier molecular flexibility index (Phi) is 6.17. The normalized spacial score (nSPS) is 13.1. The minimum absolute atomic E-state index is 0.101. The topological polar surface area (TPSA) is 96.2 Å². The molecule has 128 valence electrons. The fraction of sp³-hybridized carbons (Fsp3) is 0.278. The molecular weight excluding hydrogens is 312 g/mol. The number of hydrogen-bond donors (Lipinski definition) is 3. The maximum Gasteiger partial charge on any atom is 0.338 e. The third kappa shape index (κ3) is 4.47. The number of ether oxygens (including phenoxy) is 2. The van der Waals surface area contributed by atoms with Crippen LogP contribution in [0.5, 0.6) is 11.5 Å². The van der Waals surface area contributed by atoms with E-state index in [4.69, 9.17) is 4.74 Å². The lowest BCUT2D eigenvalue weighted by Gasteiger charge is -2.18. The molecule has 0 aromatic heterocycles. The molecule has 2 unspecified atom stereocenters. The quantitative estimate of drug-likeness (QED) is 0.671. The third-order valence-electron chi connectivity index (χ3n) is 3.39. The summed E-state index contributed by atoms with van der Waals surface area (Å²) in [6.45, 7) is 1.94. The van der Waals surface area contributed by atoms with E-state index in [2.05, 4.69) is 4.74 Å². The Morgan fingerprint density at radius 1 is 1.12 bits per heavy atom. The summed E-state index contributed by atoms with van der Waals surface area (Å²) in [7, 11) is 0. The van der Waals surface area contributed by atoms with Crippen molar-refractivity contribution in [2.75, 3.05) is 6.61 Å². The van der Waals surface area contributed by atoms with Gasteiger partial charge >= 0.3 is 5.97 Å². The molecule has 2 aromatic rings. The maximum absolute atomic E-state index is 11.5. The molecule has 0 radical (unpaired) electrons. The summed E-state index contributed by atoms with van der Waals surface area (Å²) >= 11 is 0. The van der Waals surface area contributed by atoms with E-state index in [0.717, 1.165) is 5.56 Å². The molecule has 0 fully saturated rings. The molecule has 0 bridgehead atoms. The Bertz CT molecular complexity index is 670. The largest absolute Gasteiger partial charge is 0.504 e. The number of phenolic OH excluding ortho intramolecular Hbond substituents is 1. The minimum atomic E-state index is -1.71. The predicted octanol–water partition coefficient (Wildman–Crippen LogP) is 1.93. The number of carbonyl (C=O) groups excluding carboxylic acids is 1. The molecule has 0 aliphatic carbocycles. The zero-order valence-electron chi connectivity index (χ0n) is 13.3. The van der Waals surface area contributed by atoms with Crippen LogP contribution in [-0.2, 0) is 16.1 Å². The van der Waals surface area contributed by atoms with Gasteiger partial charge in [-0.25, -0.2) is 4.79 Å². The zero-order valence-corrected chi connectivity index (χ0v) is 13.3. The van der Waals surface area contributed by atoms with Crippen LogP contribution in [0.4, 0.5) is 0 Å². The summed E-state index contributed by atoms with van der Waals surface area (Å²) < 4.78 is 10.2. The van der Waals surface area contributed by atoms with Gasteiger partial charge in [-0.1, -0.05) is 36.4 Å². The molecule has 6 heteroatoms. The summed E-state index contributed by atoms with van der Waals surface area (Å²) in [6, 6.07) is 13.5. The van der Waals surface area contributed by atoms with Gasteiger partial charge in [0, 0.05) is 0 Å². The second-order valence-electron chi connectivity index (χ2n) is 5.14. The smallest absolute Gasteiger partial charge is 0.338 e. The van der Waals surface area contributed by atoms with Gasteiger partial charge in [-0.05, 0) is 30.2 Å². The van der Waals surface area contributed by atoms with Crippen LogP contribution in [-0.4, -0.2) is 34.0 Å². The van der Waals surface area contributed by atoms with Crippen LogP contribution < -0.4 is 4.74 Å². The van der Waals surface area contributed by atoms with Gasteiger partial charge in [-0.3, -0.25) is 0 Å². The number of aliphatic hydroxyl groups is 2. The van der Waals surface area contributed by atoms with Crippen LogP contribution >= 0.6 is 0 Å². The molecule has 2 rings (SSSR count). The third-order valence-corrected chi connectivity index (χ3v) is 3.39. The number of benzene rings is 2. The Hall–Kier alpha value is -2.57. The molecule has 0 heterocycles. The molecule has 2 atom stereocenters. The monoisotopic (exact) mass is 332 g/mol. The number of aliphatic hydroxyl groups excluding tert-OH is 2. The van der Waals surface area contributed by atoms with Gasteiger partial charge in [-0.2, -0.15) is 0 Å². The van der Waals surface area contributed by atoms with Crippen LogP contribution in [0.1, 0.15) is 24.2 Å². The van der Waals surface area contributed by atoms with E-state index >= 15 is 0 Å². The van der Waals surface area contributed by atoms with Gasteiger partial charge in [0.2, 0.25) is 0 Å². The van der Waals surface area contributed by atoms with Crippen LogP contribution in [0.15, 0.2) is 48.5 Å². The van der Waals surface area contributed by atoms with Crippen molar-refractivity contribution in [1.29, 1.82) is 0 Å². The van der Waals surface area contributed by atoms with E-state index in [9.17, 15) is 20.1 Å². The van der Waals surface area contributed by atoms with Crippen molar-refractivity contribution in [3.8, 4) is 11.5 Å². The molecule has 2 aromatic carbocycles. The van der Waals surface area contributed by atoms with Crippen LogP contribution in [0, 0.1) is 0 Å². The summed E-state index contributed by atoms with van der Waals surface area (Å²) in [5, 5.41) is 29.8. The molecule has 0 saturated carbocycles. The fourth-order valence-corrected chi connectivity index (χ4v) is 2.10. The first kappa shape index (κ1) is 17.8. The Morgan fingerprint density at radius 3 is 2.50 bits per heavy atom. The van der Waals surface area contributed by atoms with E-state index in [1.165, 1.54) is 18.2 Å². The summed E-state index contributed by atoms with van der Waals surface area (Å²) in [6.07, 6.45) is -3.19. The van der Waals surface area contributed by atoms with Gasteiger partial charge < -0.3 is 24.8 Å². The van der Waals surface area contributed by atoms with Crippen molar-refractivity contribution in [3.63, 3.8) is 0 Å². The molecular formula is C18H20O6. The molecule has 24 heavy (non-hydrogen) atoms. The molecule has 0 amide bonds. The zero-order chi connectivity index (χ0) is 17.5. The molecule has 6 nitrogen and oxygen atoms in total. The summed E-state index contributed by atoms with van der Waals surface area (Å²) in [5.41, 5.74) is 1.14. The van der Waals surface area contributed by atoms with E-state index in [-0.39, 0.29) is 30.3 Å². The van der Waals surface area contributed by atoms with Crippen molar-refractivity contribution in [1.82, 2.24) is 0 Å².